The van der Waals surface area contributed by atoms with E-state index in [1.165, 1.54) is 7.11 Å². The van der Waals surface area contributed by atoms with Crippen molar-refractivity contribution in [2.24, 2.45) is 11.3 Å². The van der Waals surface area contributed by atoms with E-state index >= 15 is 0 Å². The Morgan fingerprint density at radius 2 is 1.90 bits per heavy atom. The summed E-state index contributed by atoms with van der Waals surface area (Å²) in [6.07, 6.45) is 0.735. The first-order valence-corrected chi connectivity index (χ1v) is 7.10. The fraction of sp³-hybridized carbons (Fsp3) is 0.588. The quantitative estimate of drug-likeness (QED) is 0.775. The first kappa shape index (κ1) is 15.0. The standard InChI is InChI=1S/C17H24O3/c1-16(2,3)14-11-13(15(18)19-5)17(4,20-14)12-9-7-6-8-10-12/h6-10,13-14H,11H2,1-5H3/t13-,14+,17-/m1/s1. The summed E-state index contributed by atoms with van der Waals surface area (Å²) in [5.74, 6) is -0.456. The molecule has 0 amide bonds. The zero-order chi connectivity index (χ0) is 15.0. The van der Waals surface area contributed by atoms with Gasteiger partial charge in [-0.15, -0.1) is 0 Å². The molecule has 110 valence electrons. The molecule has 0 radical (unpaired) electrons. The minimum atomic E-state index is -0.619. The molecule has 1 aliphatic heterocycles. The van der Waals surface area contributed by atoms with Crippen molar-refractivity contribution in [1.29, 1.82) is 0 Å². The van der Waals surface area contributed by atoms with Gasteiger partial charge in [0.1, 0.15) is 5.60 Å². The van der Waals surface area contributed by atoms with Gasteiger partial charge < -0.3 is 9.47 Å². The average Bonchev–Trinajstić information content (AvgIpc) is 2.78. The monoisotopic (exact) mass is 276 g/mol. The van der Waals surface area contributed by atoms with Gasteiger partial charge in [0.05, 0.1) is 19.1 Å². The van der Waals surface area contributed by atoms with E-state index < -0.39 is 5.60 Å². The highest BCUT2D eigenvalue weighted by Gasteiger charge is 2.53. The van der Waals surface area contributed by atoms with Crippen LogP contribution in [0.1, 0.15) is 39.7 Å². The van der Waals surface area contributed by atoms with Crippen LogP contribution in [0, 0.1) is 11.3 Å². The summed E-state index contributed by atoms with van der Waals surface area (Å²) in [4.78, 5) is 12.2. The molecule has 3 atom stereocenters. The molecule has 0 saturated carbocycles. The van der Waals surface area contributed by atoms with Gasteiger partial charge in [0.2, 0.25) is 0 Å². The van der Waals surface area contributed by atoms with Crippen LogP contribution in [-0.4, -0.2) is 19.2 Å². The summed E-state index contributed by atoms with van der Waals surface area (Å²) in [5.41, 5.74) is 0.410. The molecule has 0 aromatic heterocycles. The third kappa shape index (κ3) is 2.59. The maximum absolute atomic E-state index is 12.2. The second-order valence-electron chi connectivity index (χ2n) is 6.76. The Bertz CT molecular complexity index is 475. The number of hydrogen-bond donors (Lipinski definition) is 0. The highest BCUT2D eigenvalue weighted by Crippen LogP contribution is 2.48. The lowest BCUT2D eigenvalue weighted by Gasteiger charge is -2.32. The molecule has 3 heteroatoms. The van der Waals surface area contributed by atoms with Gasteiger partial charge in [0, 0.05) is 0 Å². The minimum absolute atomic E-state index is 0.00118. The van der Waals surface area contributed by atoms with E-state index in [1.807, 2.05) is 37.3 Å². The van der Waals surface area contributed by atoms with Crippen LogP contribution in [-0.2, 0) is 19.9 Å². The van der Waals surface area contributed by atoms with Crippen molar-refractivity contribution < 1.29 is 14.3 Å². The van der Waals surface area contributed by atoms with Gasteiger partial charge in [-0.1, -0.05) is 51.1 Å². The highest BCUT2D eigenvalue weighted by atomic mass is 16.5. The highest BCUT2D eigenvalue weighted by molar-refractivity contribution is 5.74. The zero-order valence-electron chi connectivity index (χ0n) is 13.0. The van der Waals surface area contributed by atoms with Crippen LogP contribution >= 0.6 is 0 Å². The van der Waals surface area contributed by atoms with Crippen LogP contribution in [0.25, 0.3) is 0 Å². The molecule has 1 aromatic carbocycles. The Labute approximate surface area is 121 Å². The second kappa shape index (κ2) is 5.21. The summed E-state index contributed by atoms with van der Waals surface area (Å²) >= 11 is 0. The van der Waals surface area contributed by atoms with Crippen molar-refractivity contribution in [3.8, 4) is 0 Å². The number of carbonyl (C=O) groups is 1. The molecular formula is C17H24O3. The van der Waals surface area contributed by atoms with Gasteiger partial charge in [-0.05, 0) is 24.3 Å². The number of ether oxygens (including phenoxy) is 2. The molecule has 1 saturated heterocycles. The van der Waals surface area contributed by atoms with E-state index in [9.17, 15) is 4.79 Å². The summed E-state index contributed by atoms with van der Waals surface area (Å²) < 4.78 is 11.3. The SMILES string of the molecule is COC(=O)[C@H]1C[C@@H](C(C)(C)C)O[C@]1(C)c1ccccc1. The molecule has 0 spiro atoms. The maximum Gasteiger partial charge on any atom is 0.312 e. The smallest absolute Gasteiger partial charge is 0.312 e. The van der Waals surface area contributed by atoms with E-state index in [1.54, 1.807) is 0 Å². The topological polar surface area (TPSA) is 35.5 Å². The van der Waals surface area contributed by atoms with E-state index in [-0.39, 0.29) is 23.4 Å². The fourth-order valence-corrected chi connectivity index (χ4v) is 2.90. The molecule has 0 unspecified atom stereocenters. The second-order valence-corrected chi connectivity index (χ2v) is 6.76. The Morgan fingerprint density at radius 1 is 1.30 bits per heavy atom. The van der Waals surface area contributed by atoms with Crippen LogP contribution in [0.15, 0.2) is 30.3 Å². The predicted octanol–water partition coefficient (Wildman–Crippen LogP) is 3.53. The van der Waals surface area contributed by atoms with Gasteiger partial charge in [0.15, 0.2) is 0 Å². The lowest BCUT2D eigenvalue weighted by atomic mass is 9.79. The molecule has 1 aliphatic rings. The number of rotatable bonds is 2. The van der Waals surface area contributed by atoms with Crippen LogP contribution in [0.3, 0.4) is 0 Å². The van der Waals surface area contributed by atoms with Crippen molar-refractivity contribution in [2.45, 2.75) is 45.8 Å². The minimum Gasteiger partial charge on any atom is -0.469 e. The van der Waals surface area contributed by atoms with E-state index in [0.29, 0.717) is 6.42 Å². The van der Waals surface area contributed by atoms with Crippen molar-refractivity contribution in [3.63, 3.8) is 0 Å². The van der Waals surface area contributed by atoms with Crippen LogP contribution in [0.4, 0.5) is 0 Å². The lowest BCUT2D eigenvalue weighted by Crippen LogP contribution is -2.35. The van der Waals surface area contributed by atoms with Gasteiger partial charge in [-0.25, -0.2) is 0 Å². The largest absolute Gasteiger partial charge is 0.469 e. The molecule has 3 nitrogen and oxygen atoms in total. The first-order valence-electron chi connectivity index (χ1n) is 7.10. The Morgan fingerprint density at radius 3 is 2.40 bits per heavy atom. The molecule has 1 fully saturated rings. The molecule has 0 aliphatic carbocycles. The van der Waals surface area contributed by atoms with Crippen molar-refractivity contribution in [2.75, 3.05) is 7.11 Å². The number of carbonyl (C=O) groups excluding carboxylic acids is 1. The van der Waals surface area contributed by atoms with Crippen molar-refractivity contribution >= 4 is 5.97 Å². The number of methoxy groups -OCH3 is 1. The van der Waals surface area contributed by atoms with Gasteiger partial charge in [-0.2, -0.15) is 0 Å². The Balaban J connectivity index is 2.40. The molecule has 20 heavy (non-hydrogen) atoms. The van der Waals surface area contributed by atoms with Crippen molar-refractivity contribution in [3.05, 3.63) is 35.9 Å². The summed E-state index contributed by atoms with van der Waals surface area (Å²) in [7, 11) is 1.44. The Kier molecular flexibility index (Phi) is 3.92. The molecule has 1 heterocycles. The van der Waals surface area contributed by atoms with E-state index in [2.05, 4.69) is 20.8 Å². The number of hydrogen-bond acceptors (Lipinski definition) is 3. The van der Waals surface area contributed by atoms with E-state index in [0.717, 1.165) is 5.56 Å². The van der Waals surface area contributed by atoms with Crippen LogP contribution in [0.5, 0.6) is 0 Å². The van der Waals surface area contributed by atoms with E-state index in [4.69, 9.17) is 9.47 Å². The van der Waals surface area contributed by atoms with Gasteiger partial charge in [-0.3, -0.25) is 4.79 Å². The van der Waals surface area contributed by atoms with Crippen LogP contribution < -0.4 is 0 Å². The molecular weight excluding hydrogens is 252 g/mol. The molecule has 0 bridgehead atoms. The summed E-state index contributed by atoms with van der Waals surface area (Å²) in [6.45, 7) is 8.42. The summed E-state index contributed by atoms with van der Waals surface area (Å²) in [5, 5.41) is 0. The van der Waals surface area contributed by atoms with Crippen molar-refractivity contribution in [1.82, 2.24) is 0 Å². The first-order chi connectivity index (χ1) is 9.29. The average molecular weight is 276 g/mol. The van der Waals surface area contributed by atoms with Gasteiger partial charge >= 0.3 is 5.97 Å². The Hall–Kier alpha value is -1.35. The number of benzene rings is 1. The third-order valence-electron chi connectivity index (χ3n) is 4.30. The molecule has 0 N–H and O–H groups in total. The lowest BCUT2D eigenvalue weighted by molar-refractivity contribution is -0.153. The fourth-order valence-electron chi connectivity index (χ4n) is 2.90. The normalized spacial score (nSPS) is 30.2. The zero-order valence-corrected chi connectivity index (χ0v) is 13.0. The maximum atomic E-state index is 12.2. The third-order valence-corrected chi connectivity index (χ3v) is 4.30. The molecule has 2 rings (SSSR count). The predicted molar refractivity (Wildman–Crippen MR) is 78.2 cm³/mol. The number of esters is 1. The molecule has 1 aromatic rings. The van der Waals surface area contributed by atoms with Gasteiger partial charge in [0.25, 0.3) is 0 Å². The van der Waals surface area contributed by atoms with Crippen LogP contribution in [0.2, 0.25) is 0 Å². The summed E-state index contributed by atoms with van der Waals surface area (Å²) in [6, 6.07) is 9.95.